The molecule has 0 bridgehead atoms. The molecule has 1 aromatic rings. The van der Waals surface area contributed by atoms with Crippen molar-refractivity contribution in [3.8, 4) is 0 Å². The lowest BCUT2D eigenvalue weighted by Gasteiger charge is -2.32. The van der Waals surface area contributed by atoms with Crippen LogP contribution in [0.1, 0.15) is 25.5 Å². The second-order valence-corrected chi connectivity index (χ2v) is 6.65. The molecule has 0 aromatic carbocycles. The predicted octanol–water partition coefficient (Wildman–Crippen LogP) is 1.39. The summed E-state index contributed by atoms with van der Waals surface area (Å²) in [6.07, 6.45) is -3.11. The van der Waals surface area contributed by atoms with Gasteiger partial charge in [0.05, 0.1) is 25.9 Å². The standard InChI is InChI=1S/C16H21F3N4O3/c1-11(24)20-8-12-4-5-15(26-12)9-23(6-7-25-10-15)14-3-2-13(21-22-14)16(17,18)19/h2-3,12H,4-10H2,1H3,(H,20,24)/t12-,15-/m0/s1. The van der Waals surface area contributed by atoms with Crippen LogP contribution in [0.15, 0.2) is 12.1 Å². The Morgan fingerprint density at radius 3 is 2.88 bits per heavy atom. The van der Waals surface area contributed by atoms with Gasteiger partial charge in [0, 0.05) is 20.0 Å². The number of nitrogens with zero attached hydrogens (tertiary/aromatic N) is 3. The Labute approximate surface area is 148 Å². The van der Waals surface area contributed by atoms with Crippen molar-refractivity contribution >= 4 is 11.7 Å². The highest BCUT2D eigenvalue weighted by atomic mass is 19.4. The topological polar surface area (TPSA) is 76.6 Å². The highest BCUT2D eigenvalue weighted by molar-refractivity contribution is 5.72. The summed E-state index contributed by atoms with van der Waals surface area (Å²) in [5, 5.41) is 9.76. The van der Waals surface area contributed by atoms with Crippen LogP contribution in [-0.4, -0.2) is 60.7 Å². The molecule has 2 aliphatic rings. The van der Waals surface area contributed by atoms with E-state index in [9.17, 15) is 18.0 Å². The Morgan fingerprint density at radius 1 is 1.42 bits per heavy atom. The number of aromatic nitrogens is 2. The van der Waals surface area contributed by atoms with Crippen LogP contribution in [0.5, 0.6) is 0 Å². The number of hydrogen-bond acceptors (Lipinski definition) is 6. The normalized spacial score (nSPS) is 26.8. The van der Waals surface area contributed by atoms with E-state index >= 15 is 0 Å². The fourth-order valence-corrected chi connectivity index (χ4v) is 3.27. The van der Waals surface area contributed by atoms with Gasteiger partial charge >= 0.3 is 6.18 Å². The Balaban J connectivity index is 1.69. The van der Waals surface area contributed by atoms with Gasteiger partial charge in [-0.2, -0.15) is 13.2 Å². The number of alkyl halides is 3. The number of amides is 1. The van der Waals surface area contributed by atoms with Gasteiger partial charge in [0.15, 0.2) is 11.5 Å². The Hall–Kier alpha value is -1.94. The molecule has 0 unspecified atom stereocenters. The first-order valence-corrected chi connectivity index (χ1v) is 8.43. The van der Waals surface area contributed by atoms with Crippen molar-refractivity contribution < 1.29 is 27.4 Å². The highest BCUT2D eigenvalue weighted by Gasteiger charge is 2.43. The number of hydrogen-bond donors (Lipinski definition) is 1. The van der Waals surface area contributed by atoms with E-state index in [0.29, 0.717) is 38.7 Å². The quantitative estimate of drug-likeness (QED) is 0.862. The third kappa shape index (κ3) is 4.42. The molecule has 3 heterocycles. The zero-order chi connectivity index (χ0) is 18.8. The summed E-state index contributed by atoms with van der Waals surface area (Å²) in [5.41, 5.74) is -1.58. The highest BCUT2D eigenvalue weighted by Crippen LogP contribution is 2.34. The second kappa shape index (κ2) is 7.36. The van der Waals surface area contributed by atoms with E-state index in [2.05, 4.69) is 15.5 Å². The Morgan fingerprint density at radius 2 is 2.23 bits per heavy atom. The molecule has 1 N–H and O–H groups in total. The molecule has 3 rings (SSSR count). The number of anilines is 1. The molecule has 2 fully saturated rings. The molecule has 144 valence electrons. The molecule has 1 spiro atoms. The van der Waals surface area contributed by atoms with Crippen LogP contribution < -0.4 is 10.2 Å². The SMILES string of the molecule is CC(=O)NC[C@@H]1CC[C@]2(COCCN(c3ccc(C(F)(F)F)nn3)C2)O1. The van der Waals surface area contributed by atoms with Crippen LogP contribution in [0.25, 0.3) is 0 Å². The summed E-state index contributed by atoms with van der Waals surface area (Å²) in [7, 11) is 0. The predicted molar refractivity (Wildman–Crippen MR) is 85.6 cm³/mol. The molecule has 0 aliphatic carbocycles. The van der Waals surface area contributed by atoms with E-state index in [0.717, 1.165) is 18.9 Å². The molecule has 1 aromatic heterocycles. The first-order chi connectivity index (χ1) is 12.3. The van der Waals surface area contributed by atoms with Gasteiger partial charge < -0.3 is 19.7 Å². The fourth-order valence-electron chi connectivity index (χ4n) is 3.27. The van der Waals surface area contributed by atoms with Crippen molar-refractivity contribution in [2.45, 2.75) is 37.6 Å². The van der Waals surface area contributed by atoms with E-state index < -0.39 is 17.5 Å². The zero-order valence-corrected chi connectivity index (χ0v) is 14.4. The Bertz CT molecular complexity index is 641. The number of rotatable bonds is 3. The molecule has 7 nitrogen and oxygen atoms in total. The molecule has 2 atom stereocenters. The summed E-state index contributed by atoms with van der Waals surface area (Å²) in [4.78, 5) is 12.9. The minimum absolute atomic E-state index is 0.110. The van der Waals surface area contributed by atoms with Crippen LogP contribution >= 0.6 is 0 Å². The summed E-state index contributed by atoms with van der Waals surface area (Å²) in [6, 6.07) is 2.24. The van der Waals surface area contributed by atoms with Gasteiger partial charge in [-0.1, -0.05) is 0 Å². The van der Waals surface area contributed by atoms with E-state index in [1.807, 2.05) is 4.90 Å². The number of halogens is 3. The first-order valence-electron chi connectivity index (χ1n) is 8.43. The number of ether oxygens (including phenoxy) is 2. The average molecular weight is 374 g/mol. The Kier molecular flexibility index (Phi) is 5.33. The minimum Gasteiger partial charge on any atom is -0.377 e. The van der Waals surface area contributed by atoms with Crippen molar-refractivity contribution in [1.82, 2.24) is 15.5 Å². The number of nitrogens with one attached hydrogen (secondary N) is 1. The monoisotopic (exact) mass is 374 g/mol. The maximum Gasteiger partial charge on any atom is 0.435 e. The van der Waals surface area contributed by atoms with Crippen molar-refractivity contribution in [2.75, 3.05) is 37.7 Å². The molecule has 0 saturated carbocycles. The number of carbonyl (C=O) groups is 1. The largest absolute Gasteiger partial charge is 0.435 e. The van der Waals surface area contributed by atoms with Crippen molar-refractivity contribution in [3.63, 3.8) is 0 Å². The lowest BCUT2D eigenvalue weighted by Crippen LogP contribution is -2.45. The van der Waals surface area contributed by atoms with Crippen LogP contribution in [0.4, 0.5) is 19.0 Å². The molecule has 0 radical (unpaired) electrons. The number of carbonyl (C=O) groups excluding carboxylic acids is 1. The van der Waals surface area contributed by atoms with E-state index in [4.69, 9.17) is 9.47 Å². The van der Waals surface area contributed by atoms with Gasteiger partial charge in [-0.05, 0) is 25.0 Å². The molecule has 2 saturated heterocycles. The molecule has 10 heteroatoms. The molecule has 2 aliphatic heterocycles. The third-order valence-electron chi connectivity index (χ3n) is 4.53. The van der Waals surface area contributed by atoms with Crippen LogP contribution in [-0.2, 0) is 20.4 Å². The van der Waals surface area contributed by atoms with Crippen LogP contribution in [0.3, 0.4) is 0 Å². The van der Waals surface area contributed by atoms with Gasteiger partial charge in [0.1, 0.15) is 5.60 Å². The maximum atomic E-state index is 12.7. The molecular formula is C16H21F3N4O3. The molecular weight excluding hydrogens is 353 g/mol. The fraction of sp³-hybridized carbons (Fsp3) is 0.688. The summed E-state index contributed by atoms with van der Waals surface area (Å²) >= 11 is 0. The van der Waals surface area contributed by atoms with Gasteiger partial charge in [-0.25, -0.2) is 0 Å². The van der Waals surface area contributed by atoms with Gasteiger partial charge in [0.2, 0.25) is 5.91 Å². The van der Waals surface area contributed by atoms with E-state index in [1.165, 1.54) is 13.0 Å². The first kappa shape index (κ1) is 18.8. The summed E-state index contributed by atoms with van der Waals surface area (Å²) in [6.45, 7) is 3.63. The van der Waals surface area contributed by atoms with Crippen molar-refractivity contribution in [3.05, 3.63) is 17.8 Å². The summed E-state index contributed by atoms with van der Waals surface area (Å²) in [5.74, 6) is 0.241. The lowest BCUT2D eigenvalue weighted by atomic mass is 10.00. The lowest BCUT2D eigenvalue weighted by molar-refractivity contribution is -0.141. The molecule has 1 amide bonds. The van der Waals surface area contributed by atoms with Crippen molar-refractivity contribution in [1.29, 1.82) is 0 Å². The average Bonchev–Trinajstić information content (AvgIpc) is 2.85. The van der Waals surface area contributed by atoms with E-state index in [-0.39, 0.29) is 12.0 Å². The van der Waals surface area contributed by atoms with E-state index in [1.54, 1.807) is 0 Å². The third-order valence-corrected chi connectivity index (χ3v) is 4.53. The second-order valence-electron chi connectivity index (χ2n) is 6.65. The maximum absolute atomic E-state index is 12.7. The minimum atomic E-state index is -4.51. The van der Waals surface area contributed by atoms with Crippen LogP contribution in [0, 0.1) is 0 Å². The summed E-state index contributed by atoms with van der Waals surface area (Å²) < 4.78 is 49.8. The van der Waals surface area contributed by atoms with Crippen LogP contribution in [0.2, 0.25) is 0 Å². The van der Waals surface area contributed by atoms with Gasteiger partial charge in [-0.3, -0.25) is 4.79 Å². The van der Waals surface area contributed by atoms with Gasteiger partial charge in [-0.15, -0.1) is 10.2 Å². The van der Waals surface area contributed by atoms with Gasteiger partial charge in [0.25, 0.3) is 0 Å². The zero-order valence-electron chi connectivity index (χ0n) is 14.4. The van der Waals surface area contributed by atoms with Crippen molar-refractivity contribution in [2.24, 2.45) is 0 Å². The smallest absolute Gasteiger partial charge is 0.377 e. The molecule has 26 heavy (non-hydrogen) atoms.